The van der Waals surface area contributed by atoms with Crippen molar-refractivity contribution in [3.05, 3.63) is 106 Å². The lowest BCUT2D eigenvalue weighted by molar-refractivity contribution is -0.000514. The number of benzene rings is 2. The molecule has 6 heterocycles. The molecule has 0 saturated carbocycles. The standard InChI is InChI=1S/C38H35FN4O3S2/c1-24-18-30(35(41-21-24)42-22-38(23-42)11-15-46-16-12-38)32(44)9-4-25-2-5-26(6-3-25)37(45)43-14-10-27-19-33(36-40-13-17-47-36)48-34(27)29-8-7-28(39)20-31(29)43/h2-3,5-8,13,17-21H,4,9-12,14-16,22-23H2,1H3. The molecule has 1 amide bonds. The Morgan fingerprint density at radius 1 is 1.02 bits per heavy atom. The zero-order valence-electron chi connectivity index (χ0n) is 26.7. The molecule has 1 spiro atoms. The Morgan fingerprint density at radius 2 is 1.83 bits per heavy atom. The number of halogens is 1. The molecule has 0 atom stereocenters. The van der Waals surface area contributed by atoms with E-state index in [4.69, 9.17) is 9.72 Å². The second-order valence-electron chi connectivity index (χ2n) is 13.1. The third kappa shape index (κ3) is 5.86. The predicted octanol–water partition coefficient (Wildman–Crippen LogP) is 8.02. The molecule has 0 unspecified atom stereocenters. The molecule has 10 heteroatoms. The van der Waals surface area contributed by atoms with E-state index in [-0.39, 0.29) is 22.9 Å². The van der Waals surface area contributed by atoms with E-state index in [2.05, 4.69) is 16.0 Å². The fourth-order valence-electron chi connectivity index (χ4n) is 7.19. The number of rotatable bonds is 7. The van der Waals surface area contributed by atoms with E-state index >= 15 is 0 Å². The minimum Gasteiger partial charge on any atom is -0.381 e. The minimum absolute atomic E-state index is 0.0722. The molecule has 0 bridgehead atoms. The number of nitrogens with zero attached hydrogens (tertiary/aromatic N) is 4. The molecule has 8 rings (SSSR count). The van der Waals surface area contributed by atoms with Gasteiger partial charge in [-0.05, 0) is 91.8 Å². The SMILES string of the molecule is Cc1cnc(N2CC3(CCOCC3)C2)c(C(=O)CCc2ccc(C(=O)N3CCc4cc(-c5nccs5)sc4-c4ccc(F)cc43)cc2)c1. The van der Waals surface area contributed by atoms with Gasteiger partial charge in [-0.15, -0.1) is 22.7 Å². The number of aryl methyl sites for hydroxylation is 2. The van der Waals surface area contributed by atoms with Gasteiger partial charge in [-0.2, -0.15) is 0 Å². The van der Waals surface area contributed by atoms with Crippen LogP contribution in [0.5, 0.6) is 0 Å². The first-order valence-corrected chi connectivity index (χ1v) is 18.1. The van der Waals surface area contributed by atoms with Crippen LogP contribution in [0, 0.1) is 18.2 Å². The Bertz CT molecular complexity index is 1990. The number of pyridine rings is 1. The Balaban J connectivity index is 0.963. The number of fused-ring (bicyclic) bond motifs is 3. The fraction of sp³-hybridized carbons (Fsp3) is 0.316. The zero-order valence-corrected chi connectivity index (χ0v) is 28.3. The first kappa shape index (κ1) is 31.0. The second-order valence-corrected chi connectivity index (χ2v) is 15.1. The van der Waals surface area contributed by atoms with Crippen LogP contribution in [0.2, 0.25) is 0 Å². The van der Waals surface area contributed by atoms with Gasteiger partial charge < -0.3 is 14.5 Å². The summed E-state index contributed by atoms with van der Waals surface area (Å²) in [5.74, 6) is 0.303. The first-order chi connectivity index (χ1) is 23.4. The maximum absolute atomic E-state index is 14.6. The van der Waals surface area contributed by atoms with Crippen molar-refractivity contribution in [1.29, 1.82) is 0 Å². The lowest BCUT2D eigenvalue weighted by Crippen LogP contribution is -2.59. The summed E-state index contributed by atoms with van der Waals surface area (Å²) in [5.41, 5.74) is 6.01. The molecule has 0 N–H and O–H groups in total. The fourth-order valence-corrected chi connectivity index (χ4v) is 9.14. The van der Waals surface area contributed by atoms with Crippen molar-refractivity contribution in [1.82, 2.24) is 9.97 Å². The van der Waals surface area contributed by atoms with Crippen LogP contribution in [-0.4, -0.2) is 54.5 Å². The number of ether oxygens (including phenoxy) is 1. The number of thiophene rings is 1. The molecule has 244 valence electrons. The van der Waals surface area contributed by atoms with Crippen molar-refractivity contribution in [2.75, 3.05) is 42.6 Å². The van der Waals surface area contributed by atoms with Crippen LogP contribution in [-0.2, 0) is 17.6 Å². The van der Waals surface area contributed by atoms with Crippen molar-refractivity contribution >= 4 is 45.9 Å². The molecule has 7 nitrogen and oxygen atoms in total. The Hall–Kier alpha value is -4.25. The van der Waals surface area contributed by atoms with Gasteiger partial charge in [0.15, 0.2) is 5.78 Å². The highest BCUT2D eigenvalue weighted by Gasteiger charge is 2.45. The number of hydrogen-bond donors (Lipinski definition) is 0. The lowest BCUT2D eigenvalue weighted by atomic mass is 9.73. The number of carbonyl (C=O) groups is 2. The first-order valence-electron chi connectivity index (χ1n) is 16.4. The average Bonchev–Trinajstić information content (AvgIpc) is 3.75. The molecule has 2 saturated heterocycles. The topological polar surface area (TPSA) is 75.6 Å². The van der Waals surface area contributed by atoms with E-state index in [9.17, 15) is 14.0 Å². The quantitative estimate of drug-likeness (QED) is 0.162. The van der Waals surface area contributed by atoms with E-state index < -0.39 is 0 Å². The summed E-state index contributed by atoms with van der Waals surface area (Å²) >= 11 is 3.23. The van der Waals surface area contributed by atoms with Gasteiger partial charge in [-0.3, -0.25) is 9.59 Å². The van der Waals surface area contributed by atoms with Gasteiger partial charge in [0.2, 0.25) is 0 Å². The van der Waals surface area contributed by atoms with Crippen LogP contribution >= 0.6 is 22.7 Å². The number of thiazole rings is 1. The van der Waals surface area contributed by atoms with E-state index in [0.29, 0.717) is 42.6 Å². The van der Waals surface area contributed by atoms with E-state index in [1.54, 1.807) is 39.8 Å². The van der Waals surface area contributed by atoms with E-state index in [0.717, 1.165) is 82.0 Å². The maximum Gasteiger partial charge on any atom is 0.258 e. The summed E-state index contributed by atoms with van der Waals surface area (Å²) in [7, 11) is 0. The molecular weight excluding hydrogens is 644 g/mol. The third-order valence-corrected chi connectivity index (χ3v) is 12.0. The molecule has 48 heavy (non-hydrogen) atoms. The van der Waals surface area contributed by atoms with E-state index in [1.807, 2.05) is 48.8 Å². The Kier molecular flexibility index (Phi) is 8.18. The summed E-state index contributed by atoms with van der Waals surface area (Å²) in [6, 6.07) is 16.3. The molecule has 0 radical (unpaired) electrons. The molecule has 2 aromatic carbocycles. The largest absolute Gasteiger partial charge is 0.381 e. The van der Waals surface area contributed by atoms with Crippen LogP contribution in [0.15, 0.2) is 72.4 Å². The highest BCUT2D eigenvalue weighted by atomic mass is 32.1. The Morgan fingerprint density at radius 3 is 2.60 bits per heavy atom. The maximum atomic E-state index is 14.6. The van der Waals surface area contributed by atoms with Gasteiger partial charge in [-0.1, -0.05) is 12.1 Å². The zero-order chi connectivity index (χ0) is 32.8. The minimum atomic E-state index is -0.379. The molecular formula is C38H35FN4O3S2. The monoisotopic (exact) mass is 678 g/mol. The second kappa shape index (κ2) is 12.7. The number of anilines is 2. The van der Waals surface area contributed by atoms with Crippen LogP contribution in [0.4, 0.5) is 15.9 Å². The van der Waals surface area contributed by atoms with Crippen molar-refractivity contribution in [3.63, 3.8) is 0 Å². The predicted molar refractivity (Wildman–Crippen MR) is 189 cm³/mol. The molecule has 2 fully saturated rings. The molecule has 3 aliphatic rings. The molecule has 0 aliphatic carbocycles. The highest BCUT2D eigenvalue weighted by molar-refractivity contribution is 7.23. The van der Waals surface area contributed by atoms with Gasteiger partial charge in [0.25, 0.3) is 5.91 Å². The number of aromatic nitrogens is 2. The van der Waals surface area contributed by atoms with Crippen LogP contribution in [0.25, 0.3) is 20.3 Å². The summed E-state index contributed by atoms with van der Waals surface area (Å²) in [5, 5.41) is 2.92. The van der Waals surface area contributed by atoms with Gasteiger partial charge >= 0.3 is 0 Å². The summed E-state index contributed by atoms with van der Waals surface area (Å²) in [4.78, 5) is 42.7. The summed E-state index contributed by atoms with van der Waals surface area (Å²) < 4.78 is 20.2. The van der Waals surface area contributed by atoms with Crippen molar-refractivity contribution in [3.8, 4) is 20.3 Å². The van der Waals surface area contributed by atoms with Crippen molar-refractivity contribution in [2.45, 2.75) is 39.0 Å². The van der Waals surface area contributed by atoms with Gasteiger partial charge in [0.05, 0.1) is 16.1 Å². The number of carbonyl (C=O) groups excluding carboxylic acids is 2. The number of amides is 1. The van der Waals surface area contributed by atoms with Crippen molar-refractivity contribution in [2.24, 2.45) is 5.41 Å². The van der Waals surface area contributed by atoms with Crippen LogP contribution in [0.3, 0.4) is 0 Å². The average molecular weight is 679 g/mol. The number of hydrogen-bond acceptors (Lipinski definition) is 8. The van der Waals surface area contributed by atoms with Crippen LogP contribution < -0.4 is 9.80 Å². The van der Waals surface area contributed by atoms with E-state index in [1.165, 1.54) is 12.1 Å². The number of Topliss-reactive ketones (excluding diaryl/α,β-unsaturated/α-hetero) is 1. The van der Waals surface area contributed by atoms with Crippen molar-refractivity contribution < 1.29 is 18.7 Å². The summed E-state index contributed by atoms with van der Waals surface area (Å²) in [6.07, 6.45) is 7.31. The van der Waals surface area contributed by atoms with Gasteiger partial charge in [0, 0.05) is 78.5 Å². The smallest absolute Gasteiger partial charge is 0.258 e. The molecule has 3 aromatic heterocycles. The highest BCUT2D eigenvalue weighted by Crippen LogP contribution is 2.45. The lowest BCUT2D eigenvalue weighted by Gasteiger charge is -2.53. The Labute approximate surface area is 287 Å². The number of ketones is 1. The van der Waals surface area contributed by atoms with Gasteiger partial charge in [0.1, 0.15) is 16.6 Å². The summed E-state index contributed by atoms with van der Waals surface area (Å²) in [6.45, 7) is 5.85. The van der Waals surface area contributed by atoms with Gasteiger partial charge in [-0.25, -0.2) is 14.4 Å². The normalized spacial score (nSPS) is 16.6. The van der Waals surface area contributed by atoms with Crippen LogP contribution in [0.1, 0.15) is 56.7 Å². The third-order valence-electron chi connectivity index (χ3n) is 9.85. The molecule has 3 aliphatic heterocycles. The molecule has 5 aromatic rings.